The summed E-state index contributed by atoms with van der Waals surface area (Å²) in [5, 5.41) is 0. The number of benzene rings is 1. The van der Waals surface area contributed by atoms with Gasteiger partial charge in [-0.3, -0.25) is 0 Å². The van der Waals surface area contributed by atoms with E-state index in [1.54, 1.807) is 5.56 Å². The third kappa shape index (κ3) is 1.30. The standard InChI is InChI=1S/C14H16/c1-2-4-12(5-3-1)14-10-11-6-8-13(14)9-7-11/h1-6,8,11,13-14H,7,9-10H2/t11-,13-,14-/m0/s1. The van der Waals surface area contributed by atoms with Crippen LogP contribution in [0.25, 0.3) is 0 Å². The van der Waals surface area contributed by atoms with Gasteiger partial charge in [0, 0.05) is 0 Å². The van der Waals surface area contributed by atoms with E-state index in [4.69, 9.17) is 0 Å². The molecule has 14 heavy (non-hydrogen) atoms. The number of rotatable bonds is 1. The van der Waals surface area contributed by atoms with Gasteiger partial charge >= 0.3 is 0 Å². The zero-order valence-electron chi connectivity index (χ0n) is 8.39. The number of allylic oxidation sites excluding steroid dienone is 2. The van der Waals surface area contributed by atoms with E-state index >= 15 is 0 Å². The Bertz CT molecular complexity index is 336. The molecule has 3 aliphatic carbocycles. The van der Waals surface area contributed by atoms with Gasteiger partial charge < -0.3 is 0 Å². The van der Waals surface area contributed by atoms with Crippen molar-refractivity contribution in [2.75, 3.05) is 0 Å². The second-order valence-electron chi connectivity index (χ2n) is 4.64. The second-order valence-corrected chi connectivity index (χ2v) is 4.64. The molecule has 0 aromatic heterocycles. The van der Waals surface area contributed by atoms with E-state index in [0.29, 0.717) is 0 Å². The maximum atomic E-state index is 2.45. The third-order valence-electron chi connectivity index (χ3n) is 3.80. The second kappa shape index (κ2) is 3.27. The maximum Gasteiger partial charge on any atom is -0.00934 e. The molecule has 0 saturated heterocycles. The Morgan fingerprint density at radius 1 is 0.929 bits per heavy atom. The molecular formula is C14H16. The van der Waals surface area contributed by atoms with Crippen LogP contribution in [-0.2, 0) is 0 Å². The molecule has 1 saturated carbocycles. The van der Waals surface area contributed by atoms with E-state index in [-0.39, 0.29) is 0 Å². The average Bonchev–Trinajstić information content (AvgIpc) is 2.32. The smallest absolute Gasteiger partial charge is 0.00934 e. The number of fused-ring (bicyclic) bond motifs is 2. The normalized spacial score (nSPS) is 34.7. The fourth-order valence-electron chi connectivity index (χ4n) is 3.02. The van der Waals surface area contributed by atoms with Crippen LogP contribution < -0.4 is 0 Å². The lowest BCUT2D eigenvalue weighted by atomic mass is 9.67. The molecule has 1 aromatic carbocycles. The molecule has 0 radical (unpaired) electrons. The Balaban J connectivity index is 1.91. The molecule has 1 aromatic rings. The molecule has 0 nitrogen and oxygen atoms in total. The van der Waals surface area contributed by atoms with Crippen LogP contribution in [0.5, 0.6) is 0 Å². The summed E-state index contributed by atoms with van der Waals surface area (Å²) < 4.78 is 0. The largest absolute Gasteiger partial charge is 0.0851 e. The highest BCUT2D eigenvalue weighted by Gasteiger charge is 2.32. The first-order valence-corrected chi connectivity index (χ1v) is 5.67. The van der Waals surface area contributed by atoms with Crippen molar-refractivity contribution in [3.05, 3.63) is 48.0 Å². The fourth-order valence-corrected chi connectivity index (χ4v) is 3.02. The molecule has 0 heterocycles. The number of hydrogen-bond acceptors (Lipinski definition) is 0. The summed E-state index contributed by atoms with van der Waals surface area (Å²) in [7, 11) is 0. The minimum atomic E-state index is 0.806. The third-order valence-corrected chi connectivity index (χ3v) is 3.80. The van der Waals surface area contributed by atoms with Gasteiger partial charge in [0.2, 0.25) is 0 Å². The van der Waals surface area contributed by atoms with Crippen molar-refractivity contribution in [2.45, 2.75) is 25.2 Å². The molecule has 0 N–H and O–H groups in total. The van der Waals surface area contributed by atoms with Crippen LogP contribution in [0.15, 0.2) is 42.5 Å². The van der Waals surface area contributed by atoms with E-state index in [1.807, 2.05) is 0 Å². The first-order valence-electron chi connectivity index (χ1n) is 5.67. The van der Waals surface area contributed by atoms with Gasteiger partial charge in [0.25, 0.3) is 0 Å². The lowest BCUT2D eigenvalue weighted by Gasteiger charge is -2.38. The van der Waals surface area contributed by atoms with Gasteiger partial charge in [-0.25, -0.2) is 0 Å². The number of hydrogen-bond donors (Lipinski definition) is 0. The summed E-state index contributed by atoms with van der Waals surface area (Å²) >= 11 is 0. The summed E-state index contributed by atoms with van der Waals surface area (Å²) in [5.74, 6) is 2.49. The first-order chi connectivity index (χ1) is 6.93. The van der Waals surface area contributed by atoms with E-state index in [9.17, 15) is 0 Å². The van der Waals surface area contributed by atoms with Gasteiger partial charge in [-0.1, -0.05) is 42.5 Å². The maximum absolute atomic E-state index is 2.45. The average molecular weight is 184 g/mol. The molecule has 0 aliphatic heterocycles. The molecule has 3 aliphatic rings. The topological polar surface area (TPSA) is 0 Å². The van der Waals surface area contributed by atoms with Crippen LogP contribution in [-0.4, -0.2) is 0 Å². The SMILES string of the molecule is C1=C[C@H]2CC[C@H]1C[C@H]2c1ccccc1. The van der Waals surface area contributed by atoms with Gasteiger partial charge in [-0.05, 0) is 42.6 Å². The highest BCUT2D eigenvalue weighted by Crippen LogP contribution is 2.45. The summed E-state index contributed by atoms with van der Waals surface area (Å²) in [6.45, 7) is 0. The minimum absolute atomic E-state index is 0.806. The predicted molar refractivity (Wildman–Crippen MR) is 59.2 cm³/mol. The molecule has 72 valence electrons. The van der Waals surface area contributed by atoms with E-state index < -0.39 is 0 Å². The van der Waals surface area contributed by atoms with Crippen LogP contribution in [0, 0.1) is 11.8 Å². The first kappa shape index (κ1) is 8.28. The molecular weight excluding hydrogens is 168 g/mol. The monoisotopic (exact) mass is 184 g/mol. The molecule has 3 atom stereocenters. The van der Waals surface area contributed by atoms with Gasteiger partial charge in [0.1, 0.15) is 0 Å². The quantitative estimate of drug-likeness (QED) is 0.583. The Morgan fingerprint density at radius 3 is 2.36 bits per heavy atom. The Morgan fingerprint density at radius 2 is 1.79 bits per heavy atom. The van der Waals surface area contributed by atoms with Crippen LogP contribution in [0.4, 0.5) is 0 Å². The van der Waals surface area contributed by atoms with Gasteiger partial charge in [-0.2, -0.15) is 0 Å². The minimum Gasteiger partial charge on any atom is -0.0851 e. The van der Waals surface area contributed by atoms with Crippen LogP contribution in [0.2, 0.25) is 0 Å². The summed E-state index contributed by atoms with van der Waals surface area (Å²) in [5.41, 5.74) is 1.55. The lowest BCUT2D eigenvalue weighted by molar-refractivity contribution is 0.284. The van der Waals surface area contributed by atoms with Gasteiger partial charge in [-0.15, -0.1) is 0 Å². The van der Waals surface area contributed by atoms with Crippen molar-refractivity contribution in [1.29, 1.82) is 0 Å². The van der Waals surface area contributed by atoms with E-state index in [2.05, 4.69) is 42.5 Å². The Hall–Kier alpha value is -1.04. The molecule has 0 amide bonds. The van der Waals surface area contributed by atoms with Crippen LogP contribution in [0.3, 0.4) is 0 Å². The molecule has 0 unspecified atom stereocenters. The zero-order valence-corrected chi connectivity index (χ0v) is 8.39. The van der Waals surface area contributed by atoms with Crippen molar-refractivity contribution in [3.63, 3.8) is 0 Å². The van der Waals surface area contributed by atoms with Gasteiger partial charge in [0.15, 0.2) is 0 Å². The fraction of sp³-hybridized carbons (Fsp3) is 0.429. The highest BCUT2D eigenvalue weighted by atomic mass is 14.4. The van der Waals surface area contributed by atoms with Crippen molar-refractivity contribution >= 4 is 0 Å². The Labute approximate surface area is 85.6 Å². The van der Waals surface area contributed by atoms with Crippen LogP contribution >= 0.6 is 0 Å². The summed E-state index contributed by atoms with van der Waals surface area (Å²) in [4.78, 5) is 0. The summed E-state index contributed by atoms with van der Waals surface area (Å²) in [6, 6.07) is 11.0. The van der Waals surface area contributed by atoms with Crippen molar-refractivity contribution < 1.29 is 0 Å². The van der Waals surface area contributed by atoms with Crippen molar-refractivity contribution in [2.24, 2.45) is 11.8 Å². The van der Waals surface area contributed by atoms with Crippen molar-refractivity contribution in [1.82, 2.24) is 0 Å². The predicted octanol–water partition coefficient (Wildman–Crippen LogP) is 3.76. The molecule has 0 spiro atoms. The Kier molecular flexibility index (Phi) is 1.93. The van der Waals surface area contributed by atoms with E-state index in [1.165, 1.54) is 19.3 Å². The van der Waals surface area contributed by atoms with E-state index in [0.717, 1.165) is 17.8 Å². The lowest BCUT2D eigenvalue weighted by Crippen LogP contribution is -2.25. The molecule has 0 heteroatoms. The van der Waals surface area contributed by atoms with Crippen molar-refractivity contribution in [3.8, 4) is 0 Å². The molecule has 4 rings (SSSR count). The molecule has 1 fully saturated rings. The van der Waals surface area contributed by atoms with Crippen LogP contribution in [0.1, 0.15) is 30.7 Å². The summed E-state index contributed by atoms with van der Waals surface area (Å²) in [6.07, 6.45) is 9.10. The molecule has 2 bridgehead atoms. The van der Waals surface area contributed by atoms with Gasteiger partial charge in [0.05, 0.1) is 0 Å². The highest BCUT2D eigenvalue weighted by molar-refractivity contribution is 5.25. The zero-order chi connectivity index (χ0) is 9.38.